The molecule has 5 nitrogen and oxygen atoms in total. The van der Waals surface area contributed by atoms with Crippen molar-refractivity contribution in [3.05, 3.63) is 25.6 Å². The zero-order valence-electron chi connectivity index (χ0n) is 11.7. The number of hydrogen-bond donors (Lipinski definition) is 0. The van der Waals surface area contributed by atoms with Crippen LogP contribution in [0.3, 0.4) is 0 Å². The average molecular weight is 507 g/mol. The number of hydrogen-bond acceptors (Lipinski definition) is 5. The van der Waals surface area contributed by atoms with E-state index in [-0.39, 0.29) is 12.4 Å². The van der Waals surface area contributed by atoms with Crippen molar-refractivity contribution in [1.82, 2.24) is 0 Å². The Bertz CT molecular complexity index is 476. The van der Waals surface area contributed by atoms with Crippen molar-refractivity contribution in [1.29, 1.82) is 0 Å². The van der Waals surface area contributed by atoms with Crippen LogP contribution in [0.4, 0.5) is 0 Å². The first-order chi connectivity index (χ1) is 9.87. The van der Waals surface area contributed by atoms with E-state index in [1.807, 2.05) is 0 Å². The van der Waals surface area contributed by atoms with Crippen molar-refractivity contribution < 1.29 is 22.8 Å². The smallest absolute Gasteiger partial charge is 0.424 e. The quantitative estimate of drug-likeness (QED) is 0.316. The zero-order chi connectivity index (χ0) is 16.0. The van der Waals surface area contributed by atoms with Gasteiger partial charge in [-0.2, -0.15) is 0 Å². The van der Waals surface area contributed by atoms with Crippen LogP contribution in [0, 0.1) is 0 Å². The third-order valence-electron chi connectivity index (χ3n) is 2.75. The maximum absolute atomic E-state index is 12.0. The van der Waals surface area contributed by atoms with E-state index in [0.717, 1.165) is 4.47 Å². The molecule has 0 unspecified atom stereocenters. The normalized spacial score (nSPS) is 11.5. The lowest BCUT2D eigenvalue weighted by Crippen LogP contribution is -2.43. The van der Waals surface area contributed by atoms with E-state index < -0.39 is 8.80 Å². The number of benzene rings is 1. The van der Waals surface area contributed by atoms with Gasteiger partial charge in [-0.3, -0.25) is 4.79 Å². The first kappa shape index (κ1) is 19.3. The van der Waals surface area contributed by atoms with Crippen molar-refractivity contribution in [2.45, 2.75) is 12.5 Å². The van der Waals surface area contributed by atoms with Crippen molar-refractivity contribution >= 4 is 62.6 Å². The van der Waals surface area contributed by atoms with Crippen LogP contribution in [-0.2, 0) is 18.1 Å². The largest absolute Gasteiger partial charge is 0.500 e. The predicted molar refractivity (Wildman–Crippen MR) is 91.4 cm³/mol. The summed E-state index contributed by atoms with van der Waals surface area (Å²) in [5, 5.41) is 0. The molecule has 0 heterocycles. The molecule has 0 aliphatic rings. The molecule has 0 amide bonds. The molecule has 0 saturated carbocycles. The maximum Gasteiger partial charge on any atom is 0.500 e. The van der Waals surface area contributed by atoms with Crippen LogP contribution < -0.4 is 4.74 Å². The molecule has 0 radical (unpaired) electrons. The summed E-state index contributed by atoms with van der Waals surface area (Å²) in [5.41, 5.74) is 0. The zero-order valence-corrected chi connectivity index (χ0v) is 17.5. The molecule has 1 aromatic rings. The van der Waals surface area contributed by atoms with Gasteiger partial charge < -0.3 is 18.0 Å². The first-order valence-electron chi connectivity index (χ1n) is 5.88. The molecule has 118 valence electrons. The Morgan fingerprint density at radius 1 is 1.05 bits per heavy atom. The summed E-state index contributed by atoms with van der Waals surface area (Å²) >= 11 is 10.1. The number of esters is 1. The average Bonchev–Trinajstić information content (AvgIpc) is 2.45. The topological polar surface area (TPSA) is 54.0 Å². The molecule has 0 aliphatic heterocycles. The van der Waals surface area contributed by atoms with Gasteiger partial charge in [-0.25, -0.2) is 0 Å². The highest BCUT2D eigenvalue weighted by atomic mass is 79.9. The summed E-state index contributed by atoms with van der Waals surface area (Å²) < 4.78 is 23.4. The van der Waals surface area contributed by atoms with Crippen molar-refractivity contribution in [3.8, 4) is 5.75 Å². The maximum atomic E-state index is 12.0. The predicted octanol–water partition coefficient (Wildman–Crippen LogP) is 4.15. The van der Waals surface area contributed by atoms with E-state index in [1.54, 1.807) is 12.1 Å². The molecular weight excluding hydrogens is 492 g/mol. The molecule has 0 aromatic heterocycles. The van der Waals surface area contributed by atoms with Gasteiger partial charge in [-0.1, -0.05) is 15.9 Å². The number of carbonyl (C=O) groups excluding carboxylic acids is 1. The number of rotatable bonds is 7. The molecule has 1 aromatic carbocycles. The lowest BCUT2D eigenvalue weighted by Gasteiger charge is -2.23. The minimum absolute atomic E-state index is 0.136. The third kappa shape index (κ3) is 5.42. The summed E-state index contributed by atoms with van der Waals surface area (Å²) in [6.07, 6.45) is 0.136. The monoisotopic (exact) mass is 504 g/mol. The summed E-state index contributed by atoms with van der Waals surface area (Å²) in [6, 6.07) is 3.94. The third-order valence-corrected chi connectivity index (χ3v) is 7.11. The van der Waals surface area contributed by atoms with Crippen LogP contribution in [0.15, 0.2) is 25.6 Å². The molecule has 1 rings (SSSR count). The fourth-order valence-corrected chi connectivity index (χ4v) is 5.65. The Balaban J connectivity index is 2.71. The molecule has 0 aliphatic carbocycles. The standard InChI is InChI=1S/C12H15Br3O5Si/c1-17-21(18-2,19-3)5-4-11(16)20-12-9(14)6-8(13)7-10(12)15/h6-7H,4-5H2,1-3H3. The van der Waals surface area contributed by atoms with Gasteiger partial charge in [-0.05, 0) is 44.0 Å². The van der Waals surface area contributed by atoms with Gasteiger partial charge in [0.1, 0.15) is 0 Å². The SMILES string of the molecule is CO[Si](CCC(=O)Oc1c(Br)cc(Br)cc1Br)(OC)OC. The Hall–Kier alpha value is 0.227. The molecule has 21 heavy (non-hydrogen) atoms. The van der Waals surface area contributed by atoms with Gasteiger partial charge in [0.25, 0.3) is 0 Å². The summed E-state index contributed by atoms with van der Waals surface area (Å²) in [6.45, 7) is 0. The van der Waals surface area contributed by atoms with Gasteiger partial charge >= 0.3 is 14.8 Å². The molecule has 0 fully saturated rings. The minimum Gasteiger partial charge on any atom is -0.424 e. The second-order valence-electron chi connectivity index (χ2n) is 3.97. The minimum atomic E-state index is -2.77. The Kier molecular flexibility index (Phi) is 8.03. The van der Waals surface area contributed by atoms with E-state index in [1.165, 1.54) is 21.3 Å². The highest BCUT2D eigenvalue weighted by Crippen LogP contribution is 2.36. The molecule has 0 spiro atoms. The molecule has 0 N–H and O–H groups in total. The fraction of sp³-hybridized carbons (Fsp3) is 0.417. The number of carbonyl (C=O) groups is 1. The Labute approximate surface area is 150 Å². The molecule has 0 bridgehead atoms. The van der Waals surface area contributed by atoms with Crippen LogP contribution in [0.1, 0.15) is 6.42 Å². The van der Waals surface area contributed by atoms with Gasteiger partial charge in [0.15, 0.2) is 5.75 Å². The highest BCUT2D eigenvalue weighted by Gasteiger charge is 2.38. The van der Waals surface area contributed by atoms with E-state index in [4.69, 9.17) is 18.0 Å². The van der Waals surface area contributed by atoms with Gasteiger partial charge in [-0.15, -0.1) is 0 Å². The van der Waals surface area contributed by atoms with Crippen LogP contribution in [0.5, 0.6) is 5.75 Å². The van der Waals surface area contributed by atoms with Gasteiger partial charge in [0, 0.05) is 31.8 Å². The van der Waals surface area contributed by atoms with Crippen LogP contribution in [0.25, 0.3) is 0 Å². The van der Waals surface area contributed by atoms with Crippen molar-refractivity contribution in [2.75, 3.05) is 21.3 Å². The van der Waals surface area contributed by atoms with Crippen LogP contribution in [0.2, 0.25) is 6.04 Å². The van der Waals surface area contributed by atoms with Crippen molar-refractivity contribution in [3.63, 3.8) is 0 Å². The van der Waals surface area contributed by atoms with Crippen LogP contribution >= 0.6 is 47.8 Å². The summed E-state index contributed by atoms with van der Waals surface area (Å²) in [5.74, 6) is 0.0458. The lowest BCUT2D eigenvalue weighted by molar-refractivity contribution is -0.134. The summed E-state index contributed by atoms with van der Waals surface area (Å²) in [7, 11) is 1.75. The van der Waals surface area contributed by atoms with Gasteiger partial charge in [0.05, 0.1) is 15.4 Å². The fourth-order valence-electron chi connectivity index (χ4n) is 1.60. The molecule has 0 atom stereocenters. The molecular formula is C12H15Br3O5Si. The van der Waals surface area contributed by atoms with E-state index >= 15 is 0 Å². The Morgan fingerprint density at radius 2 is 1.52 bits per heavy atom. The highest BCUT2D eigenvalue weighted by molar-refractivity contribution is 9.11. The van der Waals surface area contributed by atoms with Crippen molar-refractivity contribution in [2.24, 2.45) is 0 Å². The van der Waals surface area contributed by atoms with E-state index in [0.29, 0.717) is 20.7 Å². The van der Waals surface area contributed by atoms with E-state index in [9.17, 15) is 4.79 Å². The molecule has 0 saturated heterocycles. The summed E-state index contributed by atoms with van der Waals surface area (Å²) in [4.78, 5) is 12.0. The molecule has 9 heteroatoms. The second-order valence-corrected chi connectivity index (χ2v) is 9.68. The number of ether oxygens (including phenoxy) is 1. The van der Waals surface area contributed by atoms with Crippen LogP contribution in [-0.4, -0.2) is 36.1 Å². The first-order valence-corrected chi connectivity index (χ1v) is 10.2. The van der Waals surface area contributed by atoms with E-state index in [2.05, 4.69) is 47.8 Å². The lowest BCUT2D eigenvalue weighted by atomic mass is 10.3. The Morgan fingerprint density at radius 3 is 1.95 bits per heavy atom. The second kappa shape index (κ2) is 8.75. The number of halogens is 3. The van der Waals surface area contributed by atoms with Gasteiger partial charge in [0.2, 0.25) is 0 Å².